The van der Waals surface area contributed by atoms with Crippen molar-refractivity contribution >= 4 is 17.5 Å². The third kappa shape index (κ3) is 4.32. The van der Waals surface area contributed by atoms with Gasteiger partial charge in [-0.3, -0.25) is 9.59 Å². The lowest BCUT2D eigenvalue weighted by atomic mass is 9.95. The first-order valence-corrected chi connectivity index (χ1v) is 11.1. The summed E-state index contributed by atoms with van der Waals surface area (Å²) in [6, 6.07) is 21.7. The lowest BCUT2D eigenvalue weighted by molar-refractivity contribution is -0.129. The number of para-hydroxylation sites is 1. The molecule has 1 fully saturated rings. The Morgan fingerprint density at radius 2 is 1.73 bits per heavy atom. The van der Waals surface area contributed by atoms with Crippen molar-refractivity contribution < 1.29 is 14.3 Å². The van der Waals surface area contributed by atoms with E-state index in [1.807, 2.05) is 67.6 Å². The molecular formula is C27H25N3O3. The Kier molecular flexibility index (Phi) is 5.57. The standard InChI is InChI=1S/C27H25N3O3/c1-2-6-26(31)30-16-20(17-30)29-19-13-23(25-15-28-27(32)24(25)14-19)18-9-11-22(12-10-18)33-21-7-4-3-5-8-21/h2-14,20,29H,15-17H2,1H3,(H,28,32). The van der Waals surface area contributed by atoms with E-state index in [9.17, 15) is 9.59 Å². The number of anilines is 1. The van der Waals surface area contributed by atoms with Crippen molar-refractivity contribution in [3.05, 3.63) is 90.0 Å². The van der Waals surface area contributed by atoms with Crippen molar-refractivity contribution in [2.24, 2.45) is 0 Å². The molecule has 33 heavy (non-hydrogen) atoms. The fraction of sp³-hybridized carbons (Fsp3) is 0.185. The molecule has 1 saturated heterocycles. The van der Waals surface area contributed by atoms with Gasteiger partial charge in [-0.05, 0) is 66.1 Å². The molecule has 0 saturated carbocycles. The van der Waals surface area contributed by atoms with Gasteiger partial charge in [0, 0.05) is 30.9 Å². The smallest absolute Gasteiger partial charge is 0.251 e. The maximum absolute atomic E-state index is 12.4. The van der Waals surface area contributed by atoms with Gasteiger partial charge < -0.3 is 20.3 Å². The predicted molar refractivity (Wildman–Crippen MR) is 128 cm³/mol. The third-order valence-corrected chi connectivity index (χ3v) is 5.94. The van der Waals surface area contributed by atoms with E-state index in [2.05, 4.69) is 16.7 Å². The molecule has 2 amide bonds. The molecule has 0 radical (unpaired) electrons. The van der Waals surface area contributed by atoms with E-state index in [-0.39, 0.29) is 17.9 Å². The van der Waals surface area contributed by atoms with E-state index in [1.54, 1.807) is 17.1 Å². The lowest BCUT2D eigenvalue weighted by Gasteiger charge is -2.39. The summed E-state index contributed by atoms with van der Waals surface area (Å²) >= 11 is 0. The highest BCUT2D eigenvalue weighted by molar-refractivity contribution is 6.02. The average molecular weight is 440 g/mol. The summed E-state index contributed by atoms with van der Waals surface area (Å²) in [4.78, 5) is 26.2. The second kappa shape index (κ2) is 8.82. The lowest BCUT2D eigenvalue weighted by Crippen LogP contribution is -2.56. The van der Waals surface area contributed by atoms with Crippen LogP contribution in [-0.2, 0) is 11.3 Å². The Balaban J connectivity index is 1.36. The number of amides is 2. The normalized spacial score (nSPS) is 15.2. The Bertz CT molecular complexity index is 1210. The van der Waals surface area contributed by atoms with Gasteiger partial charge in [0.1, 0.15) is 11.5 Å². The molecule has 5 rings (SSSR count). The largest absolute Gasteiger partial charge is 0.457 e. The predicted octanol–water partition coefficient (Wildman–Crippen LogP) is 4.59. The van der Waals surface area contributed by atoms with Crippen LogP contribution in [0.5, 0.6) is 11.5 Å². The highest BCUT2D eigenvalue weighted by Gasteiger charge is 2.30. The van der Waals surface area contributed by atoms with Crippen molar-refractivity contribution in [3.8, 4) is 22.6 Å². The summed E-state index contributed by atoms with van der Waals surface area (Å²) in [6.07, 6.45) is 3.34. The molecule has 0 spiro atoms. The van der Waals surface area contributed by atoms with Crippen molar-refractivity contribution in [2.45, 2.75) is 19.5 Å². The number of ether oxygens (including phenoxy) is 1. The van der Waals surface area contributed by atoms with Crippen LogP contribution in [0.15, 0.2) is 78.9 Å². The van der Waals surface area contributed by atoms with Crippen molar-refractivity contribution in [3.63, 3.8) is 0 Å². The molecule has 0 atom stereocenters. The zero-order valence-corrected chi connectivity index (χ0v) is 18.4. The van der Waals surface area contributed by atoms with E-state index in [4.69, 9.17) is 4.74 Å². The molecule has 6 heteroatoms. The maximum atomic E-state index is 12.4. The first kappa shape index (κ1) is 20.8. The first-order chi connectivity index (χ1) is 16.1. The fourth-order valence-electron chi connectivity index (χ4n) is 4.23. The summed E-state index contributed by atoms with van der Waals surface area (Å²) in [7, 11) is 0. The van der Waals surface area contributed by atoms with Gasteiger partial charge in [0.2, 0.25) is 5.91 Å². The number of fused-ring (bicyclic) bond motifs is 1. The van der Waals surface area contributed by atoms with Crippen LogP contribution in [0.25, 0.3) is 11.1 Å². The molecule has 2 aliphatic heterocycles. The van der Waals surface area contributed by atoms with Gasteiger partial charge in [0.05, 0.1) is 6.04 Å². The number of hydrogen-bond acceptors (Lipinski definition) is 4. The number of carbonyl (C=O) groups is 2. The van der Waals surface area contributed by atoms with E-state index in [0.29, 0.717) is 25.2 Å². The fourth-order valence-corrected chi connectivity index (χ4v) is 4.23. The SMILES string of the molecule is CC=CC(=O)N1CC(Nc2cc3c(c(-c4ccc(Oc5ccccc5)cc4)c2)CNC3=O)C1. The number of allylic oxidation sites excluding steroid dienone is 1. The molecule has 166 valence electrons. The molecule has 2 heterocycles. The second-order valence-electron chi connectivity index (χ2n) is 8.26. The highest BCUT2D eigenvalue weighted by Crippen LogP contribution is 2.34. The van der Waals surface area contributed by atoms with Gasteiger partial charge in [-0.1, -0.05) is 36.4 Å². The number of likely N-dealkylation sites (tertiary alicyclic amines) is 1. The summed E-state index contributed by atoms with van der Waals surface area (Å²) in [5.41, 5.74) is 4.61. The molecule has 0 unspecified atom stereocenters. The zero-order chi connectivity index (χ0) is 22.8. The third-order valence-electron chi connectivity index (χ3n) is 5.94. The quantitative estimate of drug-likeness (QED) is 0.551. The van der Waals surface area contributed by atoms with Crippen LogP contribution in [0.1, 0.15) is 22.8 Å². The molecule has 0 aromatic heterocycles. The van der Waals surface area contributed by atoms with Gasteiger partial charge in [-0.2, -0.15) is 0 Å². The summed E-state index contributed by atoms with van der Waals surface area (Å²) in [5, 5.41) is 6.42. The number of carbonyl (C=O) groups excluding carboxylic acids is 2. The number of hydrogen-bond donors (Lipinski definition) is 2. The Morgan fingerprint density at radius 3 is 2.45 bits per heavy atom. The van der Waals surface area contributed by atoms with Crippen LogP contribution >= 0.6 is 0 Å². The molecule has 0 aliphatic carbocycles. The van der Waals surface area contributed by atoms with Gasteiger partial charge in [-0.25, -0.2) is 0 Å². The van der Waals surface area contributed by atoms with Crippen molar-refractivity contribution in [1.29, 1.82) is 0 Å². The number of nitrogens with one attached hydrogen (secondary N) is 2. The average Bonchev–Trinajstić information content (AvgIpc) is 3.17. The molecule has 6 nitrogen and oxygen atoms in total. The Labute approximate surface area is 192 Å². The van der Waals surface area contributed by atoms with Crippen LogP contribution in [0, 0.1) is 0 Å². The van der Waals surface area contributed by atoms with Crippen LogP contribution in [0.3, 0.4) is 0 Å². The minimum absolute atomic E-state index is 0.0300. The number of nitrogens with zero attached hydrogens (tertiary/aromatic N) is 1. The van der Waals surface area contributed by atoms with Gasteiger partial charge in [-0.15, -0.1) is 0 Å². The highest BCUT2D eigenvalue weighted by atomic mass is 16.5. The topological polar surface area (TPSA) is 70.7 Å². The number of benzene rings is 3. The molecule has 0 bridgehead atoms. The van der Waals surface area contributed by atoms with Crippen LogP contribution in [0.4, 0.5) is 5.69 Å². The Morgan fingerprint density at radius 1 is 1.03 bits per heavy atom. The molecule has 2 N–H and O–H groups in total. The molecule has 3 aromatic rings. The summed E-state index contributed by atoms with van der Waals surface area (Å²) < 4.78 is 5.91. The second-order valence-corrected chi connectivity index (χ2v) is 8.26. The van der Waals surface area contributed by atoms with E-state index in [1.165, 1.54) is 0 Å². The van der Waals surface area contributed by atoms with Gasteiger partial charge >= 0.3 is 0 Å². The Hall–Kier alpha value is -4.06. The van der Waals surface area contributed by atoms with Crippen molar-refractivity contribution in [1.82, 2.24) is 10.2 Å². The number of rotatable bonds is 6. The van der Waals surface area contributed by atoms with Gasteiger partial charge in [0.25, 0.3) is 5.91 Å². The molecular weight excluding hydrogens is 414 g/mol. The van der Waals surface area contributed by atoms with E-state index >= 15 is 0 Å². The maximum Gasteiger partial charge on any atom is 0.251 e. The molecule has 3 aromatic carbocycles. The monoisotopic (exact) mass is 439 g/mol. The first-order valence-electron chi connectivity index (χ1n) is 11.1. The van der Waals surface area contributed by atoms with E-state index in [0.717, 1.165) is 33.9 Å². The minimum Gasteiger partial charge on any atom is -0.457 e. The van der Waals surface area contributed by atoms with Gasteiger partial charge in [0.15, 0.2) is 0 Å². The van der Waals surface area contributed by atoms with E-state index < -0.39 is 0 Å². The van der Waals surface area contributed by atoms with Crippen LogP contribution < -0.4 is 15.4 Å². The van der Waals surface area contributed by atoms with Crippen LogP contribution in [-0.4, -0.2) is 35.8 Å². The molecule has 2 aliphatic rings. The summed E-state index contributed by atoms with van der Waals surface area (Å²) in [6.45, 7) is 3.65. The van der Waals surface area contributed by atoms with Crippen LogP contribution in [0.2, 0.25) is 0 Å². The zero-order valence-electron chi connectivity index (χ0n) is 18.4. The minimum atomic E-state index is -0.0579. The summed E-state index contributed by atoms with van der Waals surface area (Å²) in [5.74, 6) is 1.51. The van der Waals surface area contributed by atoms with Crippen molar-refractivity contribution in [2.75, 3.05) is 18.4 Å².